The van der Waals surface area contributed by atoms with Crippen molar-refractivity contribution in [3.05, 3.63) is 41.0 Å². The van der Waals surface area contributed by atoms with Crippen molar-refractivity contribution in [3.8, 4) is 5.88 Å². The number of amides is 1. The van der Waals surface area contributed by atoms with Crippen LogP contribution in [0, 0.1) is 0 Å². The van der Waals surface area contributed by atoms with Gasteiger partial charge in [0.25, 0.3) is 5.91 Å². The summed E-state index contributed by atoms with van der Waals surface area (Å²) in [5.74, 6) is 0.450. The molecule has 1 aliphatic heterocycles. The summed E-state index contributed by atoms with van der Waals surface area (Å²) in [6.45, 7) is 7.78. The maximum absolute atomic E-state index is 12.9. The van der Waals surface area contributed by atoms with E-state index in [1.165, 1.54) is 0 Å². The molecule has 1 aromatic carbocycles. The fourth-order valence-electron chi connectivity index (χ4n) is 3.05. The second kappa shape index (κ2) is 12.5. The van der Waals surface area contributed by atoms with Crippen LogP contribution < -0.4 is 15.0 Å². The first-order valence-electron chi connectivity index (χ1n) is 10.7. The highest BCUT2D eigenvalue weighted by Gasteiger charge is 2.19. The highest BCUT2D eigenvalue weighted by atomic mass is 35.5. The number of aromatic nitrogens is 2. The van der Waals surface area contributed by atoms with Gasteiger partial charge < -0.3 is 29.3 Å². The Labute approximate surface area is 193 Å². The van der Waals surface area contributed by atoms with Crippen molar-refractivity contribution in [2.75, 3.05) is 76.5 Å². The molecule has 0 bridgehead atoms. The fraction of sp³-hybridized carbons (Fsp3) is 0.500. The van der Waals surface area contributed by atoms with Gasteiger partial charge in [-0.3, -0.25) is 4.79 Å². The maximum atomic E-state index is 12.9. The number of hydrogen-bond donors (Lipinski definition) is 1. The zero-order chi connectivity index (χ0) is 22.8. The van der Waals surface area contributed by atoms with Gasteiger partial charge in [-0.05, 0) is 32.2 Å². The first kappa shape index (κ1) is 24.2. The van der Waals surface area contributed by atoms with Crippen LogP contribution in [0.4, 0.5) is 11.6 Å². The minimum Gasteiger partial charge on any atom is -0.476 e. The molecule has 1 N–H and O–H groups in total. The van der Waals surface area contributed by atoms with Gasteiger partial charge in [0.2, 0.25) is 11.8 Å². The SMILES string of the molecule is CCOCCN(C)CCOc1cc(C(=O)Nc2cccc(Cl)c2)nc(N2CCOCC2)n1. The molecule has 0 saturated carbocycles. The lowest BCUT2D eigenvalue weighted by Crippen LogP contribution is -2.37. The molecule has 10 heteroatoms. The molecule has 1 amide bonds. The van der Waals surface area contributed by atoms with Crippen molar-refractivity contribution < 1.29 is 19.0 Å². The van der Waals surface area contributed by atoms with Crippen LogP contribution >= 0.6 is 11.6 Å². The number of morpholine rings is 1. The molecule has 0 radical (unpaired) electrons. The fourth-order valence-corrected chi connectivity index (χ4v) is 3.24. The lowest BCUT2D eigenvalue weighted by molar-refractivity contribution is 0.102. The topological polar surface area (TPSA) is 89.1 Å². The number of halogens is 1. The first-order chi connectivity index (χ1) is 15.5. The molecule has 0 spiro atoms. The number of carbonyl (C=O) groups excluding carboxylic acids is 1. The van der Waals surface area contributed by atoms with Gasteiger partial charge in [-0.2, -0.15) is 4.98 Å². The second-order valence-electron chi connectivity index (χ2n) is 7.30. The van der Waals surface area contributed by atoms with Gasteiger partial charge in [0.15, 0.2) is 0 Å². The van der Waals surface area contributed by atoms with E-state index in [-0.39, 0.29) is 11.6 Å². The van der Waals surface area contributed by atoms with E-state index in [0.29, 0.717) is 75.2 Å². The molecule has 3 rings (SSSR count). The van der Waals surface area contributed by atoms with E-state index in [2.05, 4.69) is 20.2 Å². The van der Waals surface area contributed by atoms with Gasteiger partial charge in [-0.1, -0.05) is 17.7 Å². The average Bonchev–Trinajstić information content (AvgIpc) is 2.80. The Morgan fingerprint density at radius 3 is 2.75 bits per heavy atom. The summed E-state index contributed by atoms with van der Waals surface area (Å²) in [4.78, 5) is 26.0. The zero-order valence-electron chi connectivity index (χ0n) is 18.6. The summed E-state index contributed by atoms with van der Waals surface area (Å²) >= 11 is 6.02. The van der Waals surface area contributed by atoms with Crippen LogP contribution in [0.1, 0.15) is 17.4 Å². The van der Waals surface area contributed by atoms with Crippen LogP contribution in [0.25, 0.3) is 0 Å². The molecule has 2 aromatic rings. The van der Waals surface area contributed by atoms with E-state index in [9.17, 15) is 4.79 Å². The standard InChI is InChI=1S/C22H30ClN5O4/c1-3-30-11-7-27(2)8-14-32-20-16-19(21(29)24-18-6-4-5-17(23)15-18)25-22(26-20)28-9-12-31-13-10-28/h4-6,15-16H,3,7-14H2,1-2H3,(H,24,29). The van der Waals surface area contributed by atoms with Crippen molar-refractivity contribution in [1.82, 2.24) is 14.9 Å². The number of likely N-dealkylation sites (N-methyl/N-ethyl adjacent to an activating group) is 1. The number of ether oxygens (including phenoxy) is 3. The van der Waals surface area contributed by atoms with E-state index in [1.807, 2.05) is 18.9 Å². The van der Waals surface area contributed by atoms with E-state index < -0.39 is 0 Å². The molecule has 1 saturated heterocycles. The summed E-state index contributed by atoms with van der Waals surface area (Å²) in [5.41, 5.74) is 0.814. The zero-order valence-corrected chi connectivity index (χ0v) is 19.3. The Morgan fingerprint density at radius 2 is 2.00 bits per heavy atom. The van der Waals surface area contributed by atoms with Crippen LogP contribution in [-0.4, -0.2) is 87.0 Å². The number of anilines is 2. The number of hydrogen-bond acceptors (Lipinski definition) is 8. The van der Waals surface area contributed by atoms with Gasteiger partial charge in [-0.15, -0.1) is 0 Å². The lowest BCUT2D eigenvalue weighted by Gasteiger charge is -2.27. The van der Waals surface area contributed by atoms with Gasteiger partial charge in [-0.25, -0.2) is 4.98 Å². The van der Waals surface area contributed by atoms with Crippen LogP contribution in [0.15, 0.2) is 30.3 Å². The third-order valence-corrected chi connectivity index (χ3v) is 5.08. The lowest BCUT2D eigenvalue weighted by atomic mass is 10.3. The van der Waals surface area contributed by atoms with Crippen LogP contribution in [-0.2, 0) is 9.47 Å². The average molecular weight is 464 g/mol. The van der Waals surface area contributed by atoms with Crippen molar-refractivity contribution in [3.63, 3.8) is 0 Å². The second-order valence-corrected chi connectivity index (χ2v) is 7.74. The summed E-state index contributed by atoms with van der Waals surface area (Å²) in [6, 6.07) is 8.52. The smallest absolute Gasteiger partial charge is 0.274 e. The first-order valence-corrected chi connectivity index (χ1v) is 11.1. The van der Waals surface area contributed by atoms with Gasteiger partial charge in [0.05, 0.1) is 19.8 Å². The molecule has 0 unspecified atom stereocenters. The number of rotatable bonds is 11. The summed E-state index contributed by atoms with van der Waals surface area (Å²) in [6.07, 6.45) is 0. The number of nitrogens with zero attached hydrogens (tertiary/aromatic N) is 4. The highest BCUT2D eigenvalue weighted by molar-refractivity contribution is 6.30. The predicted octanol–water partition coefficient (Wildman–Crippen LogP) is 2.57. The van der Waals surface area contributed by atoms with E-state index in [0.717, 1.165) is 6.54 Å². The Bertz CT molecular complexity index is 879. The van der Waals surface area contributed by atoms with Gasteiger partial charge in [0.1, 0.15) is 12.3 Å². The quantitative estimate of drug-likeness (QED) is 0.508. The van der Waals surface area contributed by atoms with E-state index in [4.69, 9.17) is 25.8 Å². The number of carbonyl (C=O) groups is 1. The minimum absolute atomic E-state index is 0.223. The molecule has 32 heavy (non-hydrogen) atoms. The summed E-state index contributed by atoms with van der Waals surface area (Å²) in [5, 5.41) is 3.36. The van der Waals surface area contributed by atoms with Crippen LogP contribution in [0.3, 0.4) is 0 Å². The molecule has 0 atom stereocenters. The van der Waals surface area contributed by atoms with Crippen molar-refractivity contribution >= 4 is 29.1 Å². The van der Waals surface area contributed by atoms with Gasteiger partial charge in [0, 0.05) is 49.6 Å². The largest absolute Gasteiger partial charge is 0.476 e. The Hall–Kier alpha value is -2.46. The monoisotopic (exact) mass is 463 g/mol. The van der Waals surface area contributed by atoms with E-state index >= 15 is 0 Å². The van der Waals surface area contributed by atoms with Crippen molar-refractivity contribution in [1.29, 1.82) is 0 Å². The molecule has 174 valence electrons. The summed E-state index contributed by atoms with van der Waals surface area (Å²) < 4.78 is 16.7. The van der Waals surface area contributed by atoms with Gasteiger partial charge >= 0.3 is 0 Å². The molecule has 1 aliphatic rings. The van der Waals surface area contributed by atoms with Crippen molar-refractivity contribution in [2.45, 2.75) is 6.92 Å². The Morgan fingerprint density at radius 1 is 1.22 bits per heavy atom. The molecular weight excluding hydrogens is 434 g/mol. The highest BCUT2D eigenvalue weighted by Crippen LogP contribution is 2.20. The van der Waals surface area contributed by atoms with Crippen molar-refractivity contribution in [2.24, 2.45) is 0 Å². The molecular formula is C22H30ClN5O4. The molecule has 0 aliphatic carbocycles. The van der Waals surface area contributed by atoms with Crippen LogP contribution in [0.5, 0.6) is 5.88 Å². The number of nitrogens with one attached hydrogen (secondary N) is 1. The summed E-state index contributed by atoms with van der Waals surface area (Å²) in [7, 11) is 2.01. The molecule has 1 aromatic heterocycles. The Kier molecular flexibility index (Phi) is 9.48. The van der Waals surface area contributed by atoms with Crippen LogP contribution in [0.2, 0.25) is 5.02 Å². The molecule has 9 nitrogen and oxygen atoms in total. The maximum Gasteiger partial charge on any atom is 0.274 e. The third-order valence-electron chi connectivity index (χ3n) is 4.84. The molecule has 1 fully saturated rings. The van der Waals surface area contributed by atoms with E-state index in [1.54, 1.807) is 30.3 Å². The predicted molar refractivity (Wildman–Crippen MR) is 124 cm³/mol. The Balaban J connectivity index is 1.70. The minimum atomic E-state index is -0.358. The normalized spacial score (nSPS) is 13.9. The molecule has 2 heterocycles. The number of benzene rings is 1. The third kappa shape index (κ3) is 7.59.